The number of halogens is 2. The highest BCUT2D eigenvalue weighted by atomic mass is 35.5. The first-order valence-electron chi connectivity index (χ1n) is 8.44. The molecule has 1 aliphatic rings. The highest BCUT2D eigenvalue weighted by molar-refractivity contribution is 6.37. The summed E-state index contributed by atoms with van der Waals surface area (Å²) < 4.78 is 5.40. The second kappa shape index (κ2) is 7.40. The first-order chi connectivity index (χ1) is 12.6. The van der Waals surface area contributed by atoms with Crippen LogP contribution in [-0.4, -0.2) is 39.2 Å². The highest BCUT2D eigenvalue weighted by Gasteiger charge is 2.29. The molecule has 1 aliphatic heterocycles. The zero-order chi connectivity index (χ0) is 19.8. The molecule has 1 aromatic heterocycles. The maximum atomic E-state index is 12.5. The fraction of sp³-hybridized carbons (Fsp3) is 0.389. The maximum Gasteiger partial charge on any atom is 0.410 e. The van der Waals surface area contributed by atoms with Crippen LogP contribution < -0.4 is 5.32 Å². The molecule has 0 saturated heterocycles. The lowest BCUT2D eigenvalue weighted by Gasteiger charge is -2.29. The Balaban J connectivity index is 1.71. The van der Waals surface area contributed by atoms with Crippen LogP contribution in [0.15, 0.2) is 18.2 Å². The molecule has 0 saturated carbocycles. The summed E-state index contributed by atoms with van der Waals surface area (Å²) >= 11 is 11.9. The predicted molar refractivity (Wildman–Crippen MR) is 103 cm³/mol. The lowest BCUT2D eigenvalue weighted by molar-refractivity contribution is 0.0221. The molecule has 0 spiro atoms. The monoisotopic (exact) mass is 410 g/mol. The molecule has 2 heterocycles. The SMILES string of the molecule is CC(C)(C)OC(=O)N1CCc2c(NC(=O)c3ccc(Cl)cc3Cl)n[nH]c2C1. The lowest BCUT2D eigenvalue weighted by Crippen LogP contribution is -2.39. The van der Waals surface area contributed by atoms with Crippen molar-refractivity contribution in [2.24, 2.45) is 0 Å². The van der Waals surface area contributed by atoms with E-state index in [0.717, 1.165) is 11.3 Å². The molecular formula is C18H20Cl2N4O3. The first kappa shape index (κ1) is 19.5. The van der Waals surface area contributed by atoms with E-state index in [9.17, 15) is 9.59 Å². The van der Waals surface area contributed by atoms with Crippen molar-refractivity contribution in [1.82, 2.24) is 15.1 Å². The number of anilines is 1. The van der Waals surface area contributed by atoms with E-state index in [1.807, 2.05) is 20.8 Å². The van der Waals surface area contributed by atoms with Crippen molar-refractivity contribution in [2.45, 2.75) is 39.3 Å². The Morgan fingerprint density at radius 3 is 2.70 bits per heavy atom. The normalized spacial score (nSPS) is 13.9. The molecule has 0 radical (unpaired) electrons. The van der Waals surface area contributed by atoms with Crippen molar-refractivity contribution in [1.29, 1.82) is 0 Å². The van der Waals surface area contributed by atoms with E-state index in [0.29, 0.717) is 35.9 Å². The van der Waals surface area contributed by atoms with Gasteiger partial charge in [0, 0.05) is 17.1 Å². The van der Waals surface area contributed by atoms with Gasteiger partial charge in [0.25, 0.3) is 5.91 Å². The fourth-order valence-electron chi connectivity index (χ4n) is 2.75. The van der Waals surface area contributed by atoms with Gasteiger partial charge < -0.3 is 15.0 Å². The molecule has 0 unspecified atom stereocenters. The molecule has 0 bridgehead atoms. The fourth-order valence-corrected chi connectivity index (χ4v) is 3.25. The van der Waals surface area contributed by atoms with E-state index >= 15 is 0 Å². The number of amides is 2. The van der Waals surface area contributed by atoms with Crippen molar-refractivity contribution in [3.8, 4) is 0 Å². The molecule has 1 aromatic carbocycles. The molecule has 2 N–H and O–H groups in total. The number of nitrogens with one attached hydrogen (secondary N) is 2. The van der Waals surface area contributed by atoms with Crippen molar-refractivity contribution < 1.29 is 14.3 Å². The number of H-pyrrole nitrogens is 1. The molecule has 2 aromatic rings. The summed E-state index contributed by atoms with van der Waals surface area (Å²) in [4.78, 5) is 26.3. The third kappa shape index (κ3) is 4.54. The standard InChI is InChI=1S/C18H20Cl2N4O3/c1-18(2,3)27-17(26)24-7-6-12-14(9-24)22-23-15(12)21-16(25)11-5-4-10(19)8-13(11)20/h4-5,8H,6-7,9H2,1-3H3,(H2,21,22,23,25). The molecule has 9 heteroatoms. The number of ether oxygens (including phenoxy) is 1. The van der Waals surface area contributed by atoms with E-state index in [1.54, 1.807) is 17.0 Å². The minimum atomic E-state index is -0.553. The summed E-state index contributed by atoms with van der Waals surface area (Å²) in [7, 11) is 0. The van der Waals surface area contributed by atoms with Gasteiger partial charge in [0.15, 0.2) is 5.82 Å². The minimum Gasteiger partial charge on any atom is -0.444 e. The quantitative estimate of drug-likeness (QED) is 0.773. The molecule has 2 amide bonds. The smallest absolute Gasteiger partial charge is 0.410 e. The zero-order valence-electron chi connectivity index (χ0n) is 15.2. The average molecular weight is 411 g/mol. The number of fused-ring (bicyclic) bond motifs is 1. The van der Waals surface area contributed by atoms with E-state index < -0.39 is 5.60 Å². The molecule has 0 aliphatic carbocycles. The Kier molecular flexibility index (Phi) is 5.35. The van der Waals surface area contributed by atoms with Gasteiger partial charge >= 0.3 is 6.09 Å². The number of aromatic nitrogens is 2. The average Bonchev–Trinajstić information content (AvgIpc) is 2.95. The van der Waals surface area contributed by atoms with Gasteiger partial charge in [0.05, 0.1) is 22.8 Å². The number of benzene rings is 1. The lowest BCUT2D eigenvalue weighted by atomic mass is 10.1. The van der Waals surface area contributed by atoms with Crippen molar-refractivity contribution in [2.75, 3.05) is 11.9 Å². The van der Waals surface area contributed by atoms with Gasteiger partial charge in [-0.25, -0.2) is 4.79 Å². The van der Waals surface area contributed by atoms with E-state index in [-0.39, 0.29) is 17.0 Å². The topological polar surface area (TPSA) is 87.3 Å². The second-order valence-corrected chi connectivity index (χ2v) is 8.10. The molecule has 0 fully saturated rings. The number of hydrogen-bond donors (Lipinski definition) is 2. The van der Waals surface area contributed by atoms with Gasteiger partial charge in [-0.05, 0) is 45.4 Å². The number of rotatable bonds is 2. The van der Waals surface area contributed by atoms with Crippen LogP contribution >= 0.6 is 23.2 Å². The van der Waals surface area contributed by atoms with Crippen LogP contribution in [0, 0.1) is 0 Å². The Hall–Kier alpha value is -2.25. The van der Waals surface area contributed by atoms with Crippen LogP contribution in [0.1, 0.15) is 42.4 Å². The predicted octanol–water partition coefficient (Wildman–Crippen LogP) is 4.26. The van der Waals surface area contributed by atoms with Crippen LogP contribution in [0.4, 0.5) is 10.6 Å². The van der Waals surface area contributed by atoms with E-state index in [4.69, 9.17) is 27.9 Å². The Morgan fingerprint density at radius 1 is 1.30 bits per heavy atom. The largest absolute Gasteiger partial charge is 0.444 e. The molecule has 0 atom stereocenters. The zero-order valence-corrected chi connectivity index (χ0v) is 16.7. The Bertz CT molecular complexity index is 889. The van der Waals surface area contributed by atoms with Crippen LogP contribution in [-0.2, 0) is 17.7 Å². The number of carbonyl (C=O) groups excluding carboxylic acids is 2. The number of nitrogens with zero attached hydrogens (tertiary/aromatic N) is 2. The van der Waals surface area contributed by atoms with Gasteiger partial charge in [-0.3, -0.25) is 9.89 Å². The molecular weight excluding hydrogens is 391 g/mol. The second-order valence-electron chi connectivity index (χ2n) is 7.26. The van der Waals surface area contributed by atoms with E-state index in [1.165, 1.54) is 6.07 Å². The highest BCUT2D eigenvalue weighted by Crippen LogP contribution is 2.27. The summed E-state index contributed by atoms with van der Waals surface area (Å²) in [5, 5.41) is 10.5. The van der Waals surface area contributed by atoms with Crippen LogP contribution in [0.3, 0.4) is 0 Å². The first-order valence-corrected chi connectivity index (χ1v) is 9.20. The molecule has 144 valence electrons. The van der Waals surface area contributed by atoms with Gasteiger partial charge in [-0.15, -0.1) is 0 Å². The summed E-state index contributed by atoms with van der Waals surface area (Å²) in [5.74, 6) is 0.0605. The van der Waals surface area contributed by atoms with Crippen molar-refractivity contribution in [3.63, 3.8) is 0 Å². The third-order valence-electron chi connectivity index (χ3n) is 3.99. The Morgan fingerprint density at radius 2 is 2.04 bits per heavy atom. The van der Waals surface area contributed by atoms with Crippen molar-refractivity contribution >= 4 is 41.0 Å². The molecule has 3 rings (SSSR count). The van der Waals surface area contributed by atoms with Gasteiger partial charge in [0.1, 0.15) is 5.60 Å². The van der Waals surface area contributed by atoms with Crippen LogP contribution in [0.25, 0.3) is 0 Å². The third-order valence-corrected chi connectivity index (χ3v) is 4.54. The van der Waals surface area contributed by atoms with Gasteiger partial charge in [-0.1, -0.05) is 23.2 Å². The number of aromatic amines is 1. The minimum absolute atomic E-state index is 0.264. The van der Waals surface area contributed by atoms with Crippen LogP contribution in [0.2, 0.25) is 10.0 Å². The summed E-state index contributed by atoms with van der Waals surface area (Å²) in [6.45, 7) is 6.30. The van der Waals surface area contributed by atoms with Crippen molar-refractivity contribution in [3.05, 3.63) is 45.1 Å². The van der Waals surface area contributed by atoms with Gasteiger partial charge in [0.2, 0.25) is 0 Å². The van der Waals surface area contributed by atoms with E-state index in [2.05, 4.69) is 15.5 Å². The Labute approximate surface area is 167 Å². The molecule has 27 heavy (non-hydrogen) atoms. The maximum absolute atomic E-state index is 12.5. The van der Waals surface area contributed by atoms with Crippen LogP contribution in [0.5, 0.6) is 0 Å². The van der Waals surface area contributed by atoms with Gasteiger partial charge in [-0.2, -0.15) is 5.10 Å². The summed E-state index contributed by atoms with van der Waals surface area (Å²) in [6.07, 6.45) is 0.177. The summed E-state index contributed by atoms with van der Waals surface area (Å²) in [6, 6.07) is 4.67. The number of carbonyl (C=O) groups is 2. The number of hydrogen-bond acceptors (Lipinski definition) is 4. The summed E-state index contributed by atoms with van der Waals surface area (Å²) in [5.41, 5.74) is 1.39. The molecule has 7 nitrogen and oxygen atoms in total.